The summed E-state index contributed by atoms with van der Waals surface area (Å²) in [6.45, 7) is 3.06. The summed E-state index contributed by atoms with van der Waals surface area (Å²) >= 11 is 9.50. The summed E-state index contributed by atoms with van der Waals surface area (Å²) in [6, 6.07) is 11.6. The number of hydrogen-bond acceptors (Lipinski definition) is 5. The smallest absolute Gasteiger partial charge is 0.254 e. The van der Waals surface area contributed by atoms with Crippen molar-refractivity contribution in [1.82, 2.24) is 10.7 Å². The van der Waals surface area contributed by atoms with Gasteiger partial charge in [0.2, 0.25) is 0 Å². The summed E-state index contributed by atoms with van der Waals surface area (Å²) in [7, 11) is 0. The zero-order chi connectivity index (χ0) is 22.8. The maximum absolute atomic E-state index is 12.1. The lowest BCUT2D eigenvalue weighted by Gasteiger charge is -2.22. The quantitative estimate of drug-likeness (QED) is 0.321. The number of nitrogens with zero attached hydrogens (tertiary/aromatic N) is 1. The highest BCUT2D eigenvalue weighted by molar-refractivity contribution is 9.10. The Kier molecular flexibility index (Phi) is 9.84. The molecule has 1 amide bonds. The maximum Gasteiger partial charge on any atom is 0.254 e. The van der Waals surface area contributed by atoms with Gasteiger partial charge in [-0.15, -0.1) is 0 Å². The first-order chi connectivity index (χ1) is 15.5. The van der Waals surface area contributed by atoms with Gasteiger partial charge in [-0.1, -0.05) is 43.0 Å². The lowest BCUT2D eigenvalue weighted by molar-refractivity contribution is -0.120. The number of hydrogen-bond donors (Lipinski definition) is 2. The zero-order valence-electron chi connectivity index (χ0n) is 18.2. The summed E-state index contributed by atoms with van der Waals surface area (Å²) < 4.78 is 12.5. The van der Waals surface area contributed by atoms with E-state index < -0.39 is 0 Å². The van der Waals surface area contributed by atoms with Gasteiger partial charge in [0.25, 0.3) is 5.91 Å². The van der Waals surface area contributed by atoms with E-state index in [0.717, 1.165) is 28.4 Å². The summed E-state index contributed by atoms with van der Waals surface area (Å²) in [5, 5.41) is 8.08. The van der Waals surface area contributed by atoms with E-state index in [1.165, 1.54) is 19.3 Å². The van der Waals surface area contributed by atoms with Crippen LogP contribution in [-0.2, 0) is 11.4 Å². The number of rotatable bonds is 10. The van der Waals surface area contributed by atoms with Crippen molar-refractivity contribution in [1.29, 1.82) is 0 Å². The number of carbonyl (C=O) groups is 1. The van der Waals surface area contributed by atoms with Crippen LogP contribution in [0.5, 0.6) is 11.5 Å². The predicted octanol–water partition coefficient (Wildman–Crippen LogP) is 5.45. The molecule has 1 saturated carbocycles. The molecule has 6 nitrogen and oxygen atoms in total. The minimum absolute atomic E-state index is 0.154. The highest BCUT2D eigenvalue weighted by Crippen LogP contribution is 2.37. The molecule has 32 heavy (non-hydrogen) atoms. The van der Waals surface area contributed by atoms with E-state index in [4.69, 9.17) is 21.1 Å². The molecule has 2 aromatic rings. The number of nitrogens with one attached hydrogen (secondary N) is 2. The van der Waals surface area contributed by atoms with Crippen LogP contribution in [0.2, 0.25) is 5.02 Å². The van der Waals surface area contributed by atoms with Crippen LogP contribution in [0.4, 0.5) is 0 Å². The molecule has 0 radical (unpaired) electrons. The predicted molar refractivity (Wildman–Crippen MR) is 132 cm³/mol. The molecule has 3 rings (SSSR count). The van der Waals surface area contributed by atoms with E-state index in [0.29, 0.717) is 35.8 Å². The monoisotopic (exact) mass is 521 g/mol. The minimum atomic E-state index is -0.154. The number of halogens is 2. The van der Waals surface area contributed by atoms with Crippen molar-refractivity contribution in [2.45, 2.75) is 51.7 Å². The van der Waals surface area contributed by atoms with Gasteiger partial charge in [-0.05, 0) is 71.1 Å². The van der Waals surface area contributed by atoms with Gasteiger partial charge in [0, 0.05) is 11.1 Å². The van der Waals surface area contributed by atoms with E-state index in [1.807, 2.05) is 43.3 Å². The summed E-state index contributed by atoms with van der Waals surface area (Å²) in [6.07, 6.45) is 7.61. The Labute approximate surface area is 202 Å². The van der Waals surface area contributed by atoms with Crippen LogP contribution >= 0.6 is 27.5 Å². The van der Waals surface area contributed by atoms with Crippen LogP contribution in [0.3, 0.4) is 0 Å². The van der Waals surface area contributed by atoms with E-state index in [1.54, 1.807) is 6.21 Å². The first-order valence-electron chi connectivity index (χ1n) is 10.9. The van der Waals surface area contributed by atoms with Crippen LogP contribution in [0.25, 0.3) is 0 Å². The molecule has 1 fully saturated rings. The third-order valence-electron chi connectivity index (χ3n) is 5.19. The Morgan fingerprint density at radius 1 is 1.19 bits per heavy atom. The SMILES string of the molecule is CCOc1cc(/C=N\NC(=O)CNC2CCCCC2)cc(Br)c1OCc1ccc(Cl)cc1. The second-order valence-electron chi connectivity index (χ2n) is 7.69. The Morgan fingerprint density at radius 2 is 1.94 bits per heavy atom. The van der Waals surface area contributed by atoms with Gasteiger partial charge in [-0.3, -0.25) is 4.79 Å². The number of ether oxygens (including phenoxy) is 2. The highest BCUT2D eigenvalue weighted by atomic mass is 79.9. The van der Waals surface area contributed by atoms with Crippen molar-refractivity contribution in [3.05, 3.63) is 57.0 Å². The summed E-state index contributed by atoms with van der Waals surface area (Å²) in [4.78, 5) is 12.1. The van der Waals surface area contributed by atoms with Gasteiger partial charge in [0.05, 0.1) is 23.8 Å². The van der Waals surface area contributed by atoms with Gasteiger partial charge in [-0.25, -0.2) is 5.43 Å². The van der Waals surface area contributed by atoms with Crippen molar-refractivity contribution in [3.63, 3.8) is 0 Å². The molecule has 1 aliphatic carbocycles. The van der Waals surface area contributed by atoms with Crippen LogP contribution in [0, 0.1) is 0 Å². The fourth-order valence-electron chi connectivity index (χ4n) is 3.56. The number of hydrazone groups is 1. The molecule has 2 N–H and O–H groups in total. The number of benzene rings is 2. The first kappa shape index (κ1) is 24.6. The Morgan fingerprint density at radius 3 is 2.66 bits per heavy atom. The average molecular weight is 523 g/mol. The van der Waals surface area contributed by atoms with Gasteiger partial charge < -0.3 is 14.8 Å². The molecule has 0 spiro atoms. The van der Waals surface area contributed by atoms with Crippen molar-refractivity contribution >= 4 is 39.7 Å². The average Bonchev–Trinajstić information content (AvgIpc) is 2.79. The minimum Gasteiger partial charge on any atom is -0.490 e. The number of amides is 1. The fourth-order valence-corrected chi connectivity index (χ4v) is 4.26. The molecule has 0 bridgehead atoms. The topological polar surface area (TPSA) is 72.0 Å². The van der Waals surface area contributed by atoms with Crippen molar-refractivity contribution in [3.8, 4) is 11.5 Å². The molecule has 0 atom stereocenters. The van der Waals surface area contributed by atoms with Crippen LogP contribution < -0.4 is 20.2 Å². The van der Waals surface area contributed by atoms with Crippen LogP contribution in [0.1, 0.15) is 50.2 Å². The second kappa shape index (κ2) is 12.8. The standard InChI is InChI=1S/C24H29BrClN3O3/c1-2-31-22-13-18(14-28-29-23(30)15-27-20-6-4-3-5-7-20)12-21(25)24(22)32-16-17-8-10-19(26)11-9-17/h8-14,20,27H,2-7,15-16H2,1H3,(H,29,30)/b28-14-. The molecule has 8 heteroatoms. The number of carbonyl (C=O) groups excluding carboxylic acids is 1. The molecule has 0 aromatic heterocycles. The van der Waals surface area contributed by atoms with E-state index in [2.05, 4.69) is 31.8 Å². The van der Waals surface area contributed by atoms with Crippen LogP contribution in [0.15, 0.2) is 46.0 Å². The van der Waals surface area contributed by atoms with Gasteiger partial charge in [0.15, 0.2) is 11.5 Å². The Bertz CT molecular complexity index is 915. The molecule has 2 aromatic carbocycles. The molecule has 1 aliphatic rings. The zero-order valence-corrected chi connectivity index (χ0v) is 20.5. The molecule has 172 valence electrons. The highest BCUT2D eigenvalue weighted by Gasteiger charge is 2.14. The van der Waals surface area contributed by atoms with Crippen molar-refractivity contribution < 1.29 is 14.3 Å². The first-order valence-corrected chi connectivity index (χ1v) is 12.1. The van der Waals surface area contributed by atoms with Crippen molar-refractivity contribution in [2.24, 2.45) is 5.10 Å². The Balaban J connectivity index is 1.57. The van der Waals surface area contributed by atoms with Crippen LogP contribution in [-0.4, -0.2) is 31.3 Å². The molecular formula is C24H29BrClN3O3. The maximum atomic E-state index is 12.1. The lowest BCUT2D eigenvalue weighted by atomic mass is 9.95. The van der Waals surface area contributed by atoms with Gasteiger partial charge in [0.1, 0.15) is 6.61 Å². The lowest BCUT2D eigenvalue weighted by Crippen LogP contribution is -2.38. The third kappa shape index (κ3) is 7.80. The van der Waals surface area contributed by atoms with E-state index in [-0.39, 0.29) is 12.5 Å². The summed E-state index contributed by atoms with van der Waals surface area (Å²) in [5.74, 6) is 1.06. The fraction of sp³-hybridized carbons (Fsp3) is 0.417. The molecular weight excluding hydrogens is 494 g/mol. The third-order valence-corrected chi connectivity index (χ3v) is 6.03. The van der Waals surface area contributed by atoms with Gasteiger partial charge in [-0.2, -0.15) is 5.10 Å². The molecule has 0 unspecified atom stereocenters. The van der Waals surface area contributed by atoms with Crippen molar-refractivity contribution in [2.75, 3.05) is 13.2 Å². The van der Waals surface area contributed by atoms with E-state index in [9.17, 15) is 4.79 Å². The molecule has 0 aliphatic heterocycles. The summed E-state index contributed by atoms with van der Waals surface area (Å²) in [5.41, 5.74) is 4.35. The van der Waals surface area contributed by atoms with E-state index >= 15 is 0 Å². The molecule has 0 heterocycles. The second-order valence-corrected chi connectivity index (χ2v) is 8.98. The van der Waals surface area contributed by atoms with Gasteiger partial charge >= 0.3 is 0 Å². The Hall–Kier alpha value is -2.09. The largest absolute Gasteiger partial charge is 0.490 e. The normalized spacial score (nSPS) is 14.5. The molecule has 0 saturated heterocycles.